The van der Waals surface area contributed by atoms with Crippen LogP contribution in [0.15, 0.2) is 18.2 Å². The average Bonchev–Trinajstić information content (AvgIpc) is 2.93. The molecule has 1 unspecified atom stereocenters. The van der Waals surface area contributed by atoms with Crippen LogP contribution >= 0.6 is 0 Å². The van der Waals surface area contributed by atoms with E-state index in [4.69, 9.17) is 14.2 Å². The van der Waals surface area contributed by atoms with Gasteiger partial charge in [0.2, 0.25) is 0 Å². The van der Waals surface area contributed by atoms with Crippen molar-refractivity contribution in [3.05, 3.63) is 23.8 Å². The lowest BCUT2D eigenvalue weighted by Gasteiger charge is -2.13. The lowest BCUT2D eigenvalue weighted by molar-refractivity contribution is 0.185. The predicted molar refractivity (Wildman–Crippen MR) is 74.8 cm³/mol. The summed E-state index contributed by atoms with van der Waals surface area (Å²) in [6, 6.07) is 6.07. The van der Waals surface area contributed by atoms with Crippen molar-refractivity contribution < 1.29 is 14.2 Å². The number of ether oxygens (including phenoxy) is 3. The number of rotatable bonds is 7. The van der Waals surface area contributed by atoms with Gasteiger partial charge in [-0.15, -0.1) is 0 Å². The molecule has 1 saturated heterocycles. The van der Waals surface area contributed by atoms with Crippen LogP contribution in [0.5, 0.6) is 11.5 Å². The first-order valence-corrected chi connectivity index (χ1v) is 6.91. The molecule has 1 aromatic rings. The first kappa shape index (κ1) is 14.2. The molecule has 0 aliphatic carbocycles. The number of methoxy groups -OCH3 is 1. The molecule has 0 amide bonds. The van der Waals surface area contributed by atoms with Crippen LogP contribution in [-0.4, -0.2) is 33.5 Å². The highest BCUT2D eigenvalue weighted by molar-refractivity contribution is 5.42. The van der Waals surface area contributed by atoms with Crippen molar-refractivity contribution in [2.24, 2.45) is 5.92 Å². The first-order chi connectivity index (χ1) is 9.33. The highest BCUT2D eigenvalue weighted by Gasteiger charge is 2.14. The molecule has 4 heteroatoms. The van der Waals surface area contributed by atoms with Crippen molar-refractivity contribution in [3.63, 3.8) is 0 Å². The van der Waals surface area contributed by atoms with Gasteiger partial charge < -0.3 is 19.5 Å². The monoisotopic (exact) mass is 265 g/mol. The molecule has 1 fully saturated rings. The summed E-state index contributed by atoms with van der Waals surface area (Å²) >= 11 is 0. The summed E-state index contributed by atoms with van der Waals surface area (Å²) in [6.45, 7) is 6.27. The van der Waals surface area contributed by atoms with Gasteiger partial charge >= 0.3 is 0 Å². The van der Waals surface area contributed by atoms with Gasteiger partial charge in [0, 0.05) is 19.7 Å². The normalized spacial score (nSPS) is 18.5. The molecule has 0 spiro atoms. The van der Waals surface area contributed by atoms with E-state index in [0.29, 0.717) is 12.5 Å². The van der Waals surface area contributed by atoms with Crippen LogP contribution in [0.1, 0.15) is 18.9 Å². The molecule has 4 nitrogen and oxygen atoms in total. The number of hydrogen-bond acceptors (Lipinski definition) is 4. The van der Waals surface area contributed by atoms with E-state index < -0.39 is 0 Å². The van der Waals surface area contributed by atoms with Crippen LogP contribution in [0.4, 0.5) is 0 Å². The van der Waals surface area contributed by atoms with Gasteiger partial charge in [-0.25, -0.2) is 0 Å². The van der Waals surface area contributed by atoms with Gasteiger partial charge in [-0.3, -0.25) is 0 Å². The zero-order valence-corrected chi connectivity index (χ0v) is 11.8. The Bertz CT molecular complexity index is 389. The van der Waals surface area contributed by atoms with E-state index >= 15 is 0 Å². The third-order valence-electron chi connectivity index (χ3n) is 3.31. The smallest absolute Gasteiger partial charge is 0.161 e. The van der Waals surface area contributed by atoms with E-state index in [1.165, 1.54) is 12.0 Å². The Morgan fingerprint density at radius 2 is 2.26 bits per heavy atom. The molecular formula is C15H23NO3. The fraction of sp³-hybridized carbons (Fsp3) is 0.600. The summed E-state index contributed by atoms with van der Waals surface area (Å²) in [5.74, 6) is 2.26. The van der Waals surface area contributed by atoms with Crippen LogP contribution in [0.2, 0.25) is 0 Å². The topological polar surface area (TPSA) is 39.7 Å². The van der Waals surface area contributed by atoms with E-state index in [1.807, 2.05) is 19.1 Å². The van der Waals surface area contributed by atoms with E-state index in [1.54, 1.807) is 7.11 Å². The summed E-state index contributed by atoms with van der Waals surface area (Å²) in [7, 11) is 1.66. The second-order valence-corrected chi connectivity index (χ2v) is 4.78. The maximum absolute atomic E-state index is 5.58. The lowest BCUT2D eigenvalue weighted by Crippen LogP contribution is -2.22. The Hall–Kier alpha value is -1.26. The Balaban J connectivity index is 1.86. The van der Waals surface area contributed by atoms with Gasteiger partial charge in [0.15, 0.2) is 11.5 Å². The Kier molecular flexibility index (Phi) is 5.48. The lowest BCUT2D eigenvalue weighted by atomic mass is 10.1. The Morgan fingerprint density at radius 3 is 2.95 bits per heavy atom. The van der Waals surface area contributed by atoms with Crippen molar-refractivity contribution in [1.29, 1.82) is 0 Å². The summed E-state index contributed by atoms with van der Waals surface area (Å²) in [5.41, 5.74) is 1.21. The minimum atomic E-state index is 0.645. The van der Waals surface area contributed by atoms with Crippen molar-refractivity contribution >= 4 is 0 Å². The molecule has 0 radical (unpaired) electrons. The Morgan fingerprint density at radius 1 is 1.37 bits per heavy atom. The van der Waals surface area contributed by atoms with Crippen LogP contribution < -0.4 is 14.8 Å². The maximum Gasteiger partial charge on any atom is 0.161 e. The first-order valence-electron chi connectivity index (χ1n) is 6.91. The number of hydrogen-bond donors (Lipinski definition) is 1. The molecule has 1 N–H and O–H groups in total. The van der Waals surface area contributed by atoms with Gasteiger partial charge in [0.1, 0.15) is 0 Å². The molecule has 106 valence electrons. The molecule has 1 aliphatic heterocycles. The zero-order valence-electron chi connectivity index (χ0n) is 11.8. The maximum atomic E-state index is 5.58. The number of benzene rings is 1. The summed E-state index contributed by atoms with van der Waals surface area (Å²) in [4.78, 5) is 0. The Labute approximate surface area is 115 Å². The molecule has 1 atom stereocenters. The third-order valence-corrected chi connectivity index (χ3v) is 3.31. The average molecular weight is 265 g/mol. The largest absolute Gasteiger partial charge is 0.493 e. The SMILES string of the molecule is CCOc1cc(CNCC2CCOC2)ccc1OC. The van der Waals surface area contributed by atoms with Crippen LogP contribution in [0.25, 0.3) is 0 Å². The molecule has 1 aromatic carbocycles. The predicted octanol–water partition coefficient (Wildman–Crippen LogP) is 2.22. The molecular weight excluding hydrogens is 242 g/mol. The molecule has 0 saturated carbocycles. The molecule has 1 aliphatic rings. The van der Waals surface area contributed by atoms with E-state index in [2.05, 4.69) is 11.4 Å². The van der Waals surface area contributed by atoms with Crippen LogP contribution in [0.3, 0.4) is 0 Å². The molecule has 0 bridgehead atoms. The minimum Gasteiger partial charge on any atom is -0.493 e. The second-order valence-electron chi connectivity index (χ2n) is 4.78. The second kappa shape index (κ2) is 7.36. The van der Waals surface area contributed by atoms with Crippen molar-refractivity contribution in [3.8, 4) is 11.5 Å². The van der Waals surface area contributed by atoms with Crippen LogP contribution in [-0.2, 0) is 11.3 Å². The molecule has 1 heterocycles. The highest BCUT2D eigenvalue weighted by Crippen LogP contribution is 2.28. The van der Waals surface area contributed by atoms with Gasteiger partial charge in [-0.05, 0) is 37.0 Å². The molecule has 0 aromatic heterocycles. The van der Waals surface area contributed by atoms with Gasteiger partial charge in [-0.2, -0.15) is 0 Å². The minimum absolute atomic E-state index is 0.645. The van der Waals surface area contributed by atoms with E-state index in [9.17, 15) is 0 Å². The van der Waals surface area contributed by atoms with Crippen molar-refractivity contribution in [1.82, 2.24) is 5.32 Å². The van der Waals surface area contributed by atoms with Crippen LogP contribution in [0, 0.1) is 5.92 Å². The third kappa shape index (κ3) is 4.11. The summed E-state index contributed by atoms with van der Waals surface area (Å²) in [5, 5.41) is 3.47. The van der Waals surface area contributed by atoms with Gasteiger partial charge in [0.25, 0.3) is 0 Å². The van der Waals surface area contributed by atoms with Gasteiger partial charge in [0.05, 0.1) is 20.3 Å². The summed E-state index contributed by atoms with van der Waals surface area (Å²) < 4.78 is 16.2. The fourth-order valence-corrected chi connectivity index (χ4v) is 2.26. The van der Waals surface area contributed by atoms with Crippen molar-refractivity contribution in [2.45, 2.75) is 19.9 Å². The quantitative estimate of drug-likeness (QED) is 0.820. The molecule has 2 rings (SSSR count). The standard InChI is InChI=1S/C15H23NO3/c1-3-19-15-8-12(4-5-14(15)17-2)9-16-10-13-6-7-18-11-13/h4-5,8,13,16H,3,6-7,9-11H2,1-2H3. The van der Waals surface area contributed by atoms with Gasteiger partial charge in [-0.1, -0.05) is 6.07 Å². The van der Waals surface area contributed by atoms with E-state index in [-0.39, 0.29) is 0 Å². The highest BCUT2D eigenvalue weighted by atomic mass is 16.5. The van der Waals surface area contributed by atoms with Crippen molar-refractivity contribution in [2.75, 3.05) is 33.5 Å². The van der Waals surface area contributed by atoms with E-state index in [0.717, 1.165) is 37.8 Å². The fourth-order valence-electron chi connectivity index (χ4n) is 2.26. The number of nitrogens with one attached hydrogen (secondary N) is 1. The summed E-state index contributed by atoms with van der Waals surface area (Å²) in [6.07, 6.45) is 1.17. The molecule has 19 heavy (non-hydrogen) atoms. The zero-order chi connectivity index (χ0) is 13.5.